The Morgan fingerprint density at radius 2 is 1.53 bits per heavy atom. The number of hydrogen-bond donors (Lipinski definition) is 1. The highest BCUT2D eigenvalue weighted by atomic mass is 16.2. The Morgan fingerprint density at radius 1 is 0.812 bits per heavy atom. The summed E-state index contributed by atoms with van der Waals surface area (Å²) in [5.74, 6) is -0.134. The SMILES string of the molecule is O=C(Cc1cccc2ccccc12)N/N=C/c1cn(Cc2ccccc2)c2ccccc12. The van der Waals surface area contributed by atoms with Crippen LogP contribution in [0.3, 0.4) is 0 Å². The first-order valence-electron chi connectivity index (χ1n) is 10.7. The van der Waals surface area contributed by atoms with Crippen molar-refractivity contribution in [1.29, 1.82) is 0 Å². The minimum atomic E-state index is -0.134. The van der Waals surface area contributed by atoms with Gasteiger partial charge >= 0.3 is 0 Å². The van der Waals surface area contributed by atoms with Crippen LogP contribution in [0.15, 0.2) is 108 Å². The molecule has 4 nitrogen and oxygen atoms in total. The summed E-state index contributed by atoms with van der Waals surface area (Å²) in [5.41, 5.74) is 7.03. The molecule has 0 aliphatic heterocycles. The zero-order valence-electron chi connectivity index (χ0n) is 17.6. The molecular formula is C28H23N3O. The largest absolute Gasteiger partial charge is 0.342 e. The van der Waals surface area contributed by atoms with Crippen molar-refractivity contribution < 1.29 is 4.79 Å². The van der Waals surface area contributed by atoms with E-state index in [9.17, 15) is 4.79 Å². The van der Waals surface area contributed by atoms with Gasteiger partial charge in [0, 0.05) is 29.2 Å². The number of carbonyl (C=O) groups is 1. The number of fused-ring (bicyclic) bond motifs is 2. The number of para-hydroxylation sites is 1. The van der Waals surface area contributed by atoms with Crippen molar-refractivity contribution >= 4 is 33.8 Å². The Hall–Kier alpha value is -4.18. The molecule has 32 heavy (non-hydrogen) atoms. The van der Waals surface area contributed by atoms with Crippen molar-refractivity contribution in [2.24, 2.45) is 5.10 Å². The van der Waals surface area contributed by atoms with E-state index in [0.717, 1.165) is 39.3 Å². The van der Waals surface area contributed by atoms with Crippen LogP contribution in [0.4, 0.5) is 0 Å². The molecule has 1 aromatic heterocycles. The number of rotatable bonds is 6. The molecule has 0 aliphatic carbocycles. The van der Waals surface area contributed by atoms with Crippen LogP contribution in [0.25, 0.3) is 21.7 Å². The van der Waals surface area contributed by atoms with Crippen LogP contribution in [0.2, 0.25) is 0 Å². The van der Waals surface area contributed by atoms with Crippen LogP contribution in [0.5, 0.6) is 0 Å². The molecule has 0 spiro atoms. The fourth-order valence-corrected chi connectivity index (χ4v) is 4.12. The van der Waals surface area contributed by atoms with E-state index >= 15 is 0 Å². The van der Waals surface area contributed by atoms with Crippen molar-refractivity contribution in [3.8, 4) is 0 Å². The number of hydrogen-bond acceptors (Lipinski definition) is 2. The van der Waals surface area contributed by atoms with E-state index in [-0.39, 0.29) is 12.3 Å². The zero-order chi connectivity index (χ0) is 21.8. The summed E-state index contributed by atoms with van der Waals surface area (Å²) in [7, 11) is 0. The van der Waals surface area contributed by atoms with Crippen LogP contribution in [0, 0.1) is 0 Å². The minimum absolute atomic E-state index is 0.134. The minimum Gasteiger partial charge on any atom is -0.342 e. The van der Waals surface area contributed by atoms with Crippen LogP contribution in [0.1, 0.15) is 16.7 Å². The number of hydrazone groups is 1. The molecule has 1 N–H and O–H groups in total. The topological polar surface area (TPSA) is 46.4 Å². The molecule has 1 heterocycles. The van der Waals surface area contributed by atoms with Gasteiger partial charge in [0.05, 0.1) is 12.6 Å². The summed E-state index contributed by atoms with van der Waals surface area (Å²) in [6, 6.07) is 32.7. The Labute approximate surface area is 186 Å². The predicted octanol–water partition coefficient (Wildman–Crippen LogP) is 5.54. The molecule has 0 unspecified atom stereocenters. The summed E-state index contributed by atoms with van der Waals surface area (Å²) in [4.78, 5) is 12.5. The van der Waals surface area contributed by atoms with E-state index in [0.29, 0.717) is 0 Å². The van der Waals surface area contributed by atoms with Gasteiger partial charge in [0.2, 0.25) is 5.91 Å². The fourth-order valence-electron chi connectivity index (χ4n) is 4.12. The smallest absolute Gasteiger partial charge is 0.244 e. The normalized spacial score (nSPS) is 11.4. The maximum absolute atomic E-state index is 12.5. The Kier molecular flexibility index (Phi) is 5.50. The van der Waals surface area contributed by atoms with E-state index in [1.54, 1.807) is 6.21 Å². The summed E-state index contributed by atoms with van der Waals surface area (Å²) >= 11 is 0. The molecule has 0 atom stereocenters. The third-order valence-corrected chi connectivity index (χ3v) is 5.64. The number of nitrogens with zero attached hydrogens (tertiary/aromatic N) is 2. The first-order chi connectivity index (χ1) is 15.8. The van der Waals surface area contributed by atoms with Gasteiger partial charge in [-0.2, -0.15) is 5.10 Å². The van der Waals surface area contributed by atoms with Gasteiger partial charge in [-0.1, -0.05) is 91.0 Å². The third kappa shape index (κ3) is 4.16. The van der Waals surface area contributed by atoms with Crippen LogP contribution in [-0.2, 0) is 17.8 Å². The molecule has 0 fully saturated rings. The highest BCUT2D eigenvalue weighted by Crippen LogP contribution is 2.21. The van der Waals surface area contributed by atoms with E-state index in [4.69, 9.17) is 0 Å². The maximum atomic E-state index is 12.5. The number of nitrogens with one attached hydrogen (secondary N) is 1. The lowest BCUT2D eigenvalue weighted by atomic mass is 10.0. The van der Waals surface area contributed by atoms with Gasteiger partial charge in [-0.05, 0) is 28.0 Å². The summed E-state index contributed by atoms with van der Waals surface area (Å²) in [6.07, 6.45) is 4.09. The maximum Gasteiger partial charge on any atom is 0.244 e. The van der Waals surface area contributed by atoms with E-state index in [1.807, 2.05) is 48.5 Å². The molecule has 0 aliphatic rings. The molecule has 0 saturated heterocycles. The molecule has 1 amide bonds. The van der Waals surface area contributed by atoms with Crippen LogP contribution in [-0.4, -0.2) is 16.7 Å². The second kappa shape index (κ2) is 8.90. The van der Waals surface area contributed by atoms with Crippen molar-refractivity contribution in [2.75, 3.05) is 0 Å². The molecule has 4 aromatic carbocycles. The summed E-state index contributed by atoms with van der Waals surface area (Å²) in [6.45, 7) is 0.780. The van der Waals surface area contributed by atoms with E-state index in [1.165, 1.54) is 5.56 Å². The third-order valence-electron chi connectivity index (χ3n) is 5.64. The van der Waals surface area contributed by atoms with Gasteiger partial charge in [-0.3, -0.25) is 4.79 Å². The quantitative estimate of drug-likeness (QED) is 0.286. The molecular weight excluding hydrogens is 394 g/mol. The molecule has 5 rings (SSSR count). The Bertz CT molecular complexity index is 1410. The molecule has 4 heteroatoms. The monoisotopic (exact) mass is 417 g/mol. The van der Waals surface area contributed by atoms with Crippen molar-refractivity contribution in [2.45, 2.75) is 13.0 Å². The number of benzene rings is 4. The highest BCUT2D eigenvalue weighted by molar-refractivity contribution is 6.00. The summed E-state index contributed by atoms with van der Waals surface area (Å²) < 4.78 is 2.21. The lowest BCUT2D eigenvalue weighted by molar-refractivity contribution is -0.120. The predicted molar refractivity (Wildman–Crippen MR) is 131 cm³/mol. The van der Waals surface area contributed by atoms with Gasteiger partial charge in [-0.15, -0.1) is 0 Å². The van der Waals surface area contributed by atoms with Gasteiger partial charge in [0.15, 0.2) is 0 Å². The van der Waals surface area contributed by atoms with E-state index in [2.05, 4.69) is 69.8 Å². The second-order valence-electron chi connectivity index (χ2n) is 7.82. The molecule has 0 saturated carbocycles. The van der Waals surface area contributed by atoms with Crippen molar-refractivity contribution in [3.63, 3.8) is 0 Å². The first-order valence-corrected chi connectivity index (χ1v) is 10.7. The molecule has 0 radical (unpaired) electrons. The van der Waals surface area contributed by atoms with E-state index < -0.39 is 0 Å². The average Bonchev–Trinajstić information content (AvgIpc) is 3.17. The van der Waals surface area contributed by atoms with Crippen LogP contribution < -0.4 is 5.43 Å². The number of amides is 1. The molecule has 156 valence electrons. The number of aromatic nitrogens is 1. The average molecular weight is 418 g/mol. The van der Waals surface area contributed by atoms with Crippen molar-refractivity contribution in [3.05, 3.63) is 120 Å². The molecule has 0 bridgehead atoms. The van der Waals surface area contributed by atoms with Gasteiger partial charge in [0.25, 0.3) is 0 Å². The zero-order valence-corrected chi connectivity index (χ0v) is 17.6. The summed E-state index contributed by atoms with van der Waals surface area (Å²) in [5, 5.41) is 7.58. The lowest BCUT2D eigenvalue weighted by Crippen LogP contribution is -2.19. The van der Waals surface area contributed by atoms with Gasteiger partial charge in [-0.25, -0.2) is 5.43 Å². The second-order valence-corrected chi connectivity index (χ2v) is 7.82. The fraction of sp³-hybridized carbons (Fsp3) is 0.0714. The van der Waals surface area contributed by atoms with Gasteiger partial charge in [0.1, 0.15) is 0 Å². The van der Waals surface area contributed by atoms with Gasteiger partial charge < -0.3 is 4.57 Å². The molecule has 5 aromatic rings. The first kappa shape index (κ1) is 19.8. The Morgan fingerprint density at radius 3 is 2.41 bits per heavy atom. The lowest BCUT2D eigenvalue weighted by Gasteiger charge is -2.05. The highest BCUT2D eigenvalue weighted by Gasteiger charge is 2.08. The number of carbonyl (C=O) groups excluding carboxylic acids is 1. The van der Waals surface area contributed by atoms with Crippen molar-refractivity contribution in [1.82, 2.24) is 9.99 Å². The standard InChI is InChI=1S/C28H23N3O/c32-28(17-23-13-8-12-22-11-4-5-14-25(22)23)30-29-18-24-20-31(19-21-9-2-1-3-10-21)27-16-7-6-15-26(24)27/h1-16,18,20H,17,19H2,(H,30,32)/b29-18+. The van der Waals surface area contributed by atoms with Crippen LogP contribution >= 0.6 is 0 Å². The Balaban J connectivity index is 1.33.